The fourth-order valence-electron chi connectivity index (χ4n) is 2.16. The first-order valence-electron chi connectivity index (χ1n) is 7.13. The lowest BCUT2D eigenvalue weighted by Crippen LogP contribution is -2.08. The standard InChI is InChI=1S/C16H14N4O5/c1-23-12-9-13(24-2)19-16(18-12)25-11-6-3-5-10(14(11)15(21)22)20-8-4-7-17-20/h3-9H,1-2H3,(H,21,22). The summed E-state index contributed by atoms with van der Waals surface area (Å²) in [5.41, 5.74) is 0.279. The van der Waals surface area contributed by atoms with Gasteiger partial charge in [-0.2, -0.15) is 15.1 Å². The summed E-state index contributed by atoms with van der Waals surface area (Å²) >= 11 is 0. The molecule has 128 valence electrons. The number of methoxy groups -OCH3 is 2. The number of benzene rings is 1. The number of carbonyl (C=O) groups is 1. The minimum Gasteiger partial charge on any atom is -0.481 e. The number of carboxylic acids is 1. The van der Waals surface area contributed by atoms with Gasteiger partial charge >= 0.3 is 12.0 Å². The maximum atomic E-state index is 11.8. The second-order valence-electron chi connectivity index (χ2n) is 4.74. The van der Waals surface area contributed by atoms with Crippen molar-refractivity contribution in [1.29, 1.82) is 0 Å². The molecule has 2 heterocycles. The predicted octanol–water partition coefficient (Wildman–Crippen LogP) is 2.17. The van der Waals surface area contributed by atoms with Gasteiger partial charge in [-0.05, 0) is 18.2 Å². The van der Waals surface area contributed by atoms with Crippen LogP contribution in [0.1, 0.15) is 10.4 Å². The van der Waals surface area contributed by atoms with E-state index in [2.05, 4.69) is 15.1 Å². The Morgan fingerprint density at radius 3 is 2.40 bits per heavy atom. The summed E-state index contributed by atoms with van der Waals surface area (Å²) in [4.78, 5) is 19.8. The van der Waals surface area contributed by atoms with Crippen molar-refractivity contribution in [2.75, 3.05) is 14.2 Å². The van der Waals surface area contributed by atoms with Gasteiger partial charge < -0.3 is 19.3 Å². The van der Waals surface area contributed by atoms with Crippen molar-refractivity contribution in [3.8, 4) is 29.2 Å². The summed E-state index contributed by atoms with van der Waals surface area (Å²) in [6, 6.07) is 7.84. The Morgan fingerprint density at radius 2 is 1.84 bits per heavy atom. The Bertz CT molecular complexity index is 873. The number of ether oxygens (including phenoxy) is 3. The van der Waals surface area contributed by atoms with Crippen LogP contribution in [0.25, 0.3) is 5.69 Å². The van der Waals surface area contributed by atoms with Crippen LogP contribution in [0.2, 0.25) is 0 Å². The Kier molecular flexibility index (Phi) is 4.46. The molecule has 0 atom stereocenters. The van der Waals surface area contributed by atoms with Crippen LogP contribution in [0.3, 0.4) is 0 Å². The van der Waals surface area contributed by atoms with E-state index in [1.54, 1.807) is 30.6 Å². The minimum absolute atomic E-state index is 0.0656. The predicted molar refractivity (Wildman–Crippen MR) is 85.7 cm³/mol. The van der Waals surface area contributed by atoms with E-state index >= 15 is 0 Å². The van der Waals surface area contributed by atoms with Crippen LogP contribution >= 0.6 is 0 Å². The van der Waals surface area contributed by atoms with E-state index in [1.165, 1.54) is 31.0 Å². The molecule has 3 aromatic rings. The summed E-state index contributed by atoms with van der Waals surface area (Å²) in [6.45, 7) is 0. The highest BCUT2D eigenvalue weighted by atomic mass is 16.5. The average molecular weight is 342 g/mol. The fourth-order valence-corrected chi connectivity index (χ4v) is 2.16. The normalized spacial score (nSPS) is 10.3. The van der Waals surface area contributed by atoms with Gasteiger partial charge in [-0.3, -0.25) is 0 Å². The highest BCUT2D eigenvalue weighted by Gasteiger charge is 2.20. The third-order valence-corrected chi connectivity index (χ3v) is 3.25. The van der Waals surface area contributed by atoms with Crippen LogP contribution in [0.4, 0.5) is 0 Å². The highest BCUT2D eigenvalue weighted by Crippen LogP contribution is 2.30. The quantitative estimate of drug-likeness (QED) is 0.726. The van der Waals surface area contributed by atoms with E-state index < -0.39 is 5.97 Å². The van der Waals surface area contributed by atoms with E-state index in [0.717, 1.165) is 0 Å². The molecule has 0 saturated heterocycles. The number of rotatable bonds is 6. The van der Waals surface area contributed by atoms with E-state index in [-0.39, 0.29) is 29.1 Å². The zero-order chi connectivity index (χ0) is 17.8. The Balaban J connectivity index is 2.06. The first-order valence-corrected chi connectivity index (χ1v) is 7.13. The van der Waals surface area contributed by atoms with Gasteiger partial charge in [0.05, 0.1) is 26.0 Å². The molecule has 1 N–H and O–H groups in total. The van der Waals surface area contributed by atoms with Crippen molar-refractivity contribution in [2.24, 2.45) is 0 Å². The molecule has 0 bridgehead atoms. The van der Waals surface area contributed by atoms with Crippen molar-refractivity contribution in [1.82, 2.24) is 19.7 Å². The van der Waals surface area contributed by atoms with Crippen LogP contribution in [0.5, 0.6) is 23.5 Å². The van der Waals surface area contributed by atoms with Crippen LogP contribution in [0, 0.1) is 0 Å². The maximum absolute atomic E-state index is 11.8. The van der Waals surface area contributed by atoms with Crippen LogP contribution in [-0.4, -0.2) is 45.0 Å². The van der Waals surface area contributed by atoms with E-state index in [9.17, 15) is 9.90 Å². The second kappa shape index (κ2) is 6.87. The van der Waals surface area contributed by atoms with Gasteiger partial charge in [-0.15, -0.1) is 0 Å². The molecular formula is C16H14N4O5. The van der Waals surface area contributed by atoms with Gasteiger partial charge in [0.15, 0.2) is 0 Å². The van der Waals surface area contributed by atoms with Crippen molar-refractivity contribution in [2.45, 2.75) is 0 Å². The van der Waals surface area contributed by atoms with Gasteiger partial charge in [0.25, 0.3) is 0 Å². The summed E-state index contributed by atoms with van der Waals surface area (Å²) < 4.78 is 17.1. The zero-order valence-corrected chi connectivity index (χ0v) is 13.4. The maximum Gasteiger partial charge on any atom is 0.341 e. The molecule has 0 saturated carbocycles. The SMILES string of the molecule is COc1cc(OC)nc(Oc2cccc(-n3cccn3)c2C(=O)O)n1. The van der Waals surface area contributed by atoms with Crippen LogP contribution in [-0.2, 0) is 0 Å². The third kappa shape index (κ3) is 3.34. The van der Waals surface area contributed by atoms with Crippen molar-refractivity contribution in [3.63, 3.8) is 0 Å². The molecule has 0 aliphatic heterocycles. The lowest BCUT2D eigenvalue weighted by atomic mass is 10.1. The minimum atomic E-state index is -1.17. The van der Waals surface area contributed by atoms with Gasteiger partial charge in [0, 0.05) is 12.4 Å². The zero-order valence-electron chi connectivity index (χ0n) is 13.4. The summed E-state index contributed by atoms with van der Waals surface area (Å²) in [7, 11) is 2.87. The smallest absolute Gasteiger partial charge is 0.341 e. The molecule has 9 nitrogen and oxygen atoms in total. The average Bonchev–Trinajstić information content (AvgIpc) is 3.15. The van der Waals surface area contributed by atoms with E-state index in [1.807, 2.05) is 0 Å². The van der Waals surface area contributed by atoms with Gasteiger partial charge in [0.2, 0.25) is 11.8 Å². The summed E-state index contributed by atoms with van der Waals surface area (Å²) in [6.07, 6.45) is 3.19. The molecule has 0 amide bonds. The summed E-state index contributed by atoms with van der Waals surface area (Å²) in [5.74, 6) is -0.657. The molecule has 0 radical (unpaired) electrons. The molecule has 0 aliphatic carbocycles. The Morgan fingerprint density at radius 1 is 1.12 bits per heavy atom. The van der Waals surface area contributed by atoms with Crippen molar-refractivity contribution < 1.29 is 24.1 Å². The van der Waals surface area contributed by atoms with Gasteiger partial charge in [0.1, 0.15) is 11.3 Å². The van der Waals surface area contributed by atoms with Gasteiger partial charge in [-0.25, -0.2) is 9.48 Å². The topological polar surface area (TPSA) is 109 Å². The molecule has 0 spiro atoms. The van der Waals surface area contributed by atoms with Crippen LogP contribution in [0.15, 0.2) is 42.7 Å². The van der Waals surface area contributed by atoms with Crippen molar-refractivity contribution >= 4 is 5.97 Å². The molecule has 0 fully saturated rings. The molecule has 0 aliphatic rings. The number of hydrogen-bond donors (Lipinski definition) is 1. The molecule has 3 rings (SSSR count). The lowest BCUT2D eigenvalue weighted by Gasteiger charge is -2.12. The number of aromatic nitrogens is 4. The fraction of sp³-hybridized carbons (Fsp3) is 0.125. The highest BCUT2D eigenvalue weighted by molar-refractivity contribution is 5.95. The lowest BCUT2D eigenvalue weighted by molar-refractivity contribution is 0.0694. The molecule has 25 heavy (non-hydrogen) atoms. The third-order valence-electron chi connectivity index (χ3n) is 3.25. The first-order chi connectivity index (χ1) is 12.1. The van der Waals surface area contributed by atoms with E-state index in [0.29, 0.717) is 5.69 Å². The Hall–Kier alpha value is -3.62. The monoisotopic (exact) mass is 342 g/mol. The number of nitrogens with zero attached hydrogens (tertiary/aromatic N) is 4. The number of hydrogen-bond acceptors (Lipinski definition) is 7. The number of carboxylic acid groups (broad SMARTS) is 1. The Labute approximate surface area is 142 Å². The molecule has 1 aromatic carbocycles. The van der Waals surface area contributed by atoms with Gasteiger partial charge in [-0.1, -0.05) is 6.07 Å². The van der Waals surface area contributed by atoms with Crippen molar-refractivity contribution in [3.05, 3.63) is 48.3 Å². The molecule has 0 unspecified atom stereocenters. The first kappa shape index (κ1) is 16.2. The number of aromatic carboxylic acids is 1. The largest absolute Gasteiger partial charge is 0.481 e. The van der Waals surface area contributed by atoms with E-state index in [4.69, 9.17) is 14.2 Å². The second-order valence-corrected chi connectivity index (χ2v) is 4.74. The molecule has 9 heteroatoms. The molecular weight excluding hydrogens is 328 g/mol. The van der Waals surface area contributed by atoms with Crippen LogP contribution < -0.4 is 14.2 Å². The summed E-state index contributed by atoms with van der Waals surface area (Å²) in [5, 5.41) is 13.7. The molecule has 2 aromatic heterocycles.